The van der Waals surface area contributed by atoms with E-state index in [0.717, 1.165) is 5.56 Å². The number of carboxylic acid groups (broad SMARTS) is 2. The molecule has 2 rings (SSSR count). The first kappa shape index (κ1) is 25.4. The van der Waals surface area contributed by atoms with E-state index in [1.807, 2.05) is 0 Å². The van der Waals surface area contributed by atoms with Crippen LogP contribution in [0.5, 0.6) is 0 Å². The number of hydrogen-bond donors (Lipinski definition) is 5. The van der Waals surface area contributed by atoms with Crippen molar-refractivity contribution in [1.29, 1.82) is 0 Å². The molecule has 0 aliphatic rings. The SMILES string of the molecule is O=C(O)c1ccccc1CNCCOCCOCCNC(CO)c1ccccc1C(=O)O. The second-order valence-corrected chi connectivity index (χ2v) is 6.95. The molecule has 174 valence electrons. The molecule has 0 spiro atoms. The van der Waals surface area contributed by atoms with E-state index in [4.69, 9.17) is 14.6 Å². The second kappa shape index (κ2) is 14.3. The van der Waals surface area contributed by atoms with Crippen molar-refractivity contribution in [1.82, 2.24) is 10.6 Å². The molecule has 5 N–H and O–H groups in total. The summed E-state index contributed by atoms with van der Waals surface area (Å²) >= 11 is 0. The molecule has 0 bridgehead atoms. The summed E-state index contributed by atoms with van der Waals surface area (Å²) in [4.78, 5) is 22.5. The van der Waals surface area contributed by atoms with Crippen LogP contribution in [0.1, 0.15) is 37.9 Å². The molecule has 1 unspecified atom stereocenters. The molecule has 2 aromatic rings. The third kappa shape index (κ3) is 8.37. The number of aromatic carboxylic acids is 2. The maximum absolute atomic E-state index is 11.3. The number of hydrogen-bond acceptors (Lipinski definition) is 7. The lowest BCUT2D eigenvalue weighted by Gasteiger charge is -2.18. The van der Waals surface area contributed by atoms with E-state index in [1.54, 1.807) is 42.5 Å². The minimum atomic E-state index is -1.03. The molecule has 2 aromatic carbocycles. The molecule has 0 aliphatic heterocycles. The zero-order valence-corrected chi connectivity index (χ0v) is 17.8. The fourth-order valence-corrected chi connectivity index (χ4v) is 3.15. The molecule has 0 fully saturated rings. The van der Waals surface area contributed by atoms with Crippen LogP contribution in [0.15, 0.2) is 48.5 Å². The van der Waals surface area contributed by atoms with Crippen molar-refractivity contribution in [2.45, 2.75) is 12.6 Å². The van der Waals surface area contributed by atoms with E-state index in [0.29, 0.717) is 51.6 Å². The lowest BCUT2D eigenvalue weighted by molar-refractivity contribution is 0.0485. The minimum absolute atomic E-state index is 0.161. The maximum atomic E-state index is 11.3. The Hall–Kier alpha value is -2.82. The Morgan fingerprint density at radius 3 is 2.06 bits per heavy atom. The van der Waals surface area contributed by atoms with Crippen molar-refractivity contribution in [3.63, 3.8) is 0 Å². The van der Waals surface area contributed by atoms with Crippen LogP contribution in [-0.4, -0.2) is 73.4 Å². The summed E-state index contributed by atoms with van der Waals surface area (Å²) in [5, 5.41) is 34.3. The van der Waals surface area contributed by atoms with Crippen molar-refractivity contribution in [3.05, 3.63) is 70.8 Å². The van der Waals surface area contributed by atoms with E-state index in [2.05, 4.69) is 10.6 Å². The first-order chi connectivity index (χ1) is 15.5. The molecule has 9 nitrogen and oxygen atoms in total. The molecule has 0 aliphatic carbocycles. The molecule has 0 heterocycles. The third-order valence-corrected chi connectivity index (χ3v) is 4.74. The average Bonchev–Trinajstić information content (AvgIpc) is 2.80. The highest BCUT2D eigenvalue weighted by Crippen LogP contribution is 2.17. The van der Waals surface area contributed by atoms with Gasteiger partial charge in [0.2, 0.25) is 0 Å². The van der Waals surface area contributed by atoms with Crippen LogP contribution in [0.3, 0.4) is 0 Å². The van der Waals surface area contributed by atoms with Crippen molar-refractivity contribution >= 4 is 11.9 Å². The normalized spacial score (nSPS) is 11.9. The summed E-state index contributed by atoms with van der Waals surface area (Å²) in [6.07, 6.45) is 0. The smallest absolute Gasteiger partial charge is 0.336 e. The van der Waals surface area contributed by atoms with Crippen LogP contribution in [0, 0.1) is 0 Å². The number of rotatable bonds is 16. The van der Waals surface area contributed by atoms with E-state index in [9.17, 15) is 19.8 Å². The van der Waals surface area contributed by atoms with Gasteiger partial charge in [-0.1, -0.05) is 36.4 Å². The molecule has 0 aromatic heterocycles. The summed E-state index contributed by atoms with van der Waals surface area (Å²) in [6.45, 7) is 2.93. The number of aliphatic hydroxyl groups excluding tert-OH is 1. The standard InChI is InChI=1S/C23H30N2O7/c26-16-21(19-7-3-4-8-20(19)23(29)30)25-10-12-32-14-13-31-11-9-24-15-17-5-1-2-6-18(17)22(27)28/h1-8,21,24-26H,9-16H2,(H,27,28)(H,29,30). The highest BCUT2D eigenvalue weighted by atomic mass is 16.5. The van der Waals surface area contributed by atoms with Crippen LogP contribution in [0.2, 0.25) is 0 Å². The fraction of sp³-hybridized carbons (Fsp3) is 0.391. The first-order valence-electron chi connectivity index (χ1n) is 10.4. The molecule has 0 amide bonds. The van der Waals surface area contributed by atoms with E-state index in [-0.39, 0.29) is 17.7 Å². The highest BCUT2D eigenvalue weighted by Gasteiger charge is 2.17. The molecule has 1 atom stereocenters. The molecule has 32 heavy (non-hydrogen) atoms. The fourth-order valence-electron chi connectivity index (χ4n) is 3.15. The highest BCUT2D eigenvalue weighted by molar-refractivity contribution is 5.89. The van der Waals surface area contributed by atoms with Gasteiger partial charge in [0.05, 0.1) is 50.2 Å². The van der Waals surface area contributed by atoms with Gasteiger partial charge in [0.15, 0.2) is 0 Å². The monoisotopic (exact) mass is 446 g/mol. The molecule has 0 saturated heterocycles. The average molecular weight is 447 g/mol. The Bertz CT molecular complexity index is 860. The predicted molar refractivity (Wildman–Crippen MR) is 118 cm³/mol. The zero-order valence-electron chi connectivity index (χ0n) is 17.8. The van der Waals surface area contributed by atoms with E-state index in [1.165, 1.54) is 6.07 Å². The quantitative estimate of drug-likeness (QED) is 0.243. The Kier molecular flexibility index (Phi) is 11.4. The summed E-state index contributed by atoms with van der Waals surface area (Å²) in [5.74, 6) is -1.98. The van der Waals surface area contributed by atoms with Gasteiger partial charge in [-0.25, -0.2) is 9.59 Å². The van der Waals surface area contributed by atoms with Gasteiger partial charge < -0.3 is 35.4 Å². The van der Waals surface area contributed by atoms with Gasteiger partial charge in [-0.3, -0.25) is 0 Å². The molecule has 0 saturated carbocycles. The molecular formula is C23H30N2O7. The molecular weight excluding hydrogens is 416 g/mol. The number of carboxylic acids is 2. The predicted octanol–water partition coefficient (Wildman–Crippen LogP) is 1.53. The number of ether oxygens (including phenoxy) is 2. The zero-order chi connectivity index (χ0) is 23.2. The number of benzene rings is 2. The Labute approximate surface area is 187 Å². The van der Waals surface area contributed by atoms with Crippen molar-refractivity contribution < 1.29 is 34.4 Å². The van der Waals surface area contributed by atoms with Crippen LogP contribution >= 0.6 is 0 Å². The Morgan fingerprint density at radius 2 is 1.41 bits per heavy atom. The maximum Gasteiger partial charge on any atom is 0.336 e. The van der Waals surface area contributed by atoms with Gasteiger partial charge >= 0.3 is 11.9 Å². The molecule has 0 radical (unpaired) electrons. The summed E-state index contributed by atoms with van der Waals surface area (Å²) in [6, 6.07) is 12.9. The van der Waals surface area contributed by atoms with Crippen molar-refractivity contribution in [2.24, 2.45) is 0 Å². The van der Waals surface area contributed by atoms with Crippen molar-refractivity contribution in [2.75, 3.05) is 46.1 Å². The van der Waals surface area contributed by atoms with Crippen LogP contribution in [-0.2, 0) is 16.0 Å². The topological polar surface area (TPSA) is 137 Å². The van der Waals surface area contributed by atoms with Gasteiger partial charge in [0, 0.05) is 19.6 Å². The Balaban J connectivity index is 1.54. The van der Waals surface area contributed by atoms with Gasteiger partial charge in [0.25, 0.3) is 0 Å². The van der Waals surface area contributed by atoms with E-state index < -0.39 is 18.0 Å². The number of nitrogens with one attached hydrogen (secondary N) is 2. The lowest BCUT2D eigenvalue weighted by atomic mass is 10.0. The minimum Gasteiger partial charge on any atom is -0.478 e. The van der Waals surface area contributed by atoms with Gasteiger partial charge in [-0.05, 0) is 23.3 Å². The lowest BCUT2D eigenvalue weighted by Crippen LogP contribution is -2.29. The van der Waals surface area contributed by atoms with Gasteiger partial charge in [-0.2, -0.15) is 0 Å². The van der Waals surface area contributed by atoms with E-state index >= 15 is 0 Å². The summed E-state index contributed by atoms with van der Waals surface area (Å²) in [5.41, 5.74) is 1.71. The van der Waals surface area contributed by atoms with Crippen LogP contribution in [0.4, 0.5) is 0 Å². The third-order valence-electron chi connectivity index (χ3n) is 4.74. The second-order valence-electron chi connectivity index (χ2n) is 6.95. The number of carbonyl (C=O) groups is 2. The summed E-state index contributed by atoms with van der Waals surface area (Å²) < 4.78 is 11.0. The molecule has 9 heteroatoms. The van der Waals surface area contributed by atoms with Gasteiger partial charge in [-0.15, -0.1) is 0 Å². The first-order valence-corrected chi connectivity index (χ1v) is 10.4. The van der Waals surface area contributed by atoms with Crippen molar-refractivity contribution in [3.8, 4) is 0 Å². The number of aliphatic hydroxyl groups is 1. The van der Waals surface area contributed by atoms with Crippen LogP contribution < -0.4 is 10.6 Å². The Morgan fingerprint density at radius 1 is 0.812 bits per heavy atom. The van der Waals surface area contributed by atoms with Gasteiger partial charge in [0.1, 0.15) is 0 Å². The summed E-state index contributed by atoms with van der Waals surface area (Å²) in [7, 11) is 0. The van der Waals surface area contributed by atoms with Crippen LogP contribution in [0.25, 0.3) is 0 Å². The largest absolute Gasteiger partial charge is 0.478 e.